The molecule has 1 saturated carbocycles. The van der Waals surface area contributed by atoms with Crippen LogP contribution in [0.5, 0.6) is 0 Å². The van der Waals surface area contributed by atoms with E-state index in [1.165, 1.54) is 38.8 Å². The van der Waals surface area contributed by atoms with Crippen molar-refractivity contribution in [1.29, 1.82) is 0 Å². The van der Waals surface area contributed by atoms with E-state index < -0.39 is 0 Å². The minimum absolute atomic E-state index is 0.994. The first-order valence-corrected chi connectivity index (χ1v) is 5.60. The van der Waals surface area contributed by atoms with Gasteiger partial charge in [0.2, 0.25) is 0 Å². The van der Waals surface area contributed by atoms with Gasteiger partial charge in [-0.3, -0.25) is 4.90 Å². The molecule has 0 amide bonds. The van der Waals surface area contributed by atoms with Gasteiger partial charge in [-0.2, -0.15) is 0 Å². The van der Waals surface area contributed by atoms with Gasteiger partial charge in [-0.15, -0.1) is 0 Å². The Kier molecular flexibility index (Phi) is 1.52. The van der Waals surface area contributed by atoms with Gasteiger partial charge in [0.1, 0.15) is 0 Å². The number of hydrogen-bond donors (Lipinski definition) is 0. The summed E-state index contributed by atoms with van der Waals surface area (Å²) in [4.78, 5) is 2.78. The molecule has 5 unspecified atom stereocenters. The third-order valence-electron chi connectivity index (χ3n) is 4.50. The first-order chi connectivity index (χ1) is 5.86. The van der Waals surface area contributed by atoms with Crippen molar-refractivity contribution in [3.8, 4) is 0 Å². The Morgan fingerprint density at radius 1 is 1.17 bits per heavy atom. The highest BCUT2D eigenvalue weighted by molar-refractivity contribution is 5.01. The van der Waals surface area contributed by atoms with Crippen molar-refractivity contribution in [3.05, 3.63) is 0 Å². The molecule has 3 fully saturated rings. The van der Waals surface area contributed by atoms with Gasteiger partial charge in [-0.1, -0.05) is 13.3 Å². The molecular formula is C11H19N. The lowest BCUT2D eigenvalue weighted by Gasteiger charge is -2.40. The molecule has 2 heterocycles. The van der Waals surface area contributed by atoms with Gasteiger partial charge in [0.05, 0.1) is 0 Å². The quantitative estimate of drug-likeness (QED) is 0.531. The van der Waals surface area contributed by atoms with Gasteiger partial charge in [0.25, 0.3) is 0 Å². The lowest BCUT2D eigenvalue weighted by molar-refractivity contribution is 0.100. The molecule has 0 aromatic heterocycles. The van der Waals surface area contributed by atoms with Crippen LogP contribution in [0.2, 0.25) is 0 Å². The SMILES string of the molecule is CC1CCCC2C3CCN(C3)C12. The molecule has 0 aromatic carbocycles. The largest absolute Gasteiger partial charge is 0.300 e. The summed E-state index contributed by atoms with van der Waals surface area (Å²) < 4.78 is 0. The number of fused-ring (bicyclic) bond motifs is 5. The second-order valence-corrected chi connectivity index (χ2v) is 5.11. The van der Waals surface area contributed by atoms with Crippen LogP contribution in [0.25, 0.3) is 0 Å². The summed E-state index contributed by atoms with van der Waals surface area (Å²) in [6.07, 6.45) is 6.04. The monoisotopic (exact) mass is 165 g/mol. The van der Waals surface area contributed by atoms with Gasteiger partial charge in [-0.05, 0) is 43.6 Å². The number of piperidine rings is 1. The molecular weight excluding hydrogens is 146 g/mol. The average molecular weight is 165 g/mol. The molecule has 0 radical (unpaired) electrons. The van der Waals surface area contributed by atoms with Crippen LogP contribution in [-0.4, -0.2) is 24.0 Å². The van der Waals surface area contributed by atoms with Gasteiger partial charge >= 0.3 is 0 Å². The maximum Gasteiger partial charge on any atom is 0.0152 e. The zero-order valence-corrected chi connectivity index (χ0v) is 8.00. The summed E-state index contributed by atoms with van der Waals surface area (Å²) in [6.45, 7) is 5.33. The Bertz CT molecular complexity index is 189. The van der Waals surface area contributed by atoms with Crippen molar-refractivity contribution < 1.29 is 0 Å². The number of rotatable bonds is 0. The fourth-order valence-corrected chi connectivity index (χ4v) is 4.02. The van der Waals surface area contributed by atoms with Crippen LogP contribution in [-0.2, 0) is 0 Å². The third kappa shape index (κ3) is 0.834. The van der Waals surface area contributed by atoms with Gasteiger partial charge in [0.15, 0.2) is 0 Å². The van der Waals surface area contributed by atoms with Crippen molar-refractivity contribution in [1.82, 2.24) is 4.90 Å². The second kappa shape index (κ2) is 2.47. The van der Waals surface area contributed by atoms with Gasteiger partial charge in [0, 0.05) is 12.6 Å². The molecule has 3 aliphatic rings. The Morgan fingerprint density at radius 2 is 2.08 bits per heavy atom. The van der Waals surface area contributed by atoms with Crippen LogP contribution in [0.3, 0.4) is 0 Å². The fraction of sp³-hybridized carbons (Fsp3) is 1.00. The van der Waals surface area contributed by atoms with E-state index >= 15 is 0 Å². The highest BCUT2D eigenvalue weighted by Gasteiger charge is 2.48. The molecule has 2 bridgehead atoms. The third-order valence-corrected chi connectivity index (χ3v) is 4.50. The standard InChI is InChI=1S/C11H19N/c1-8-3-2-4-10-9-5-6-12(7-9)11(8)10/h8-11H,2-7H2,1H3. The number of hydrogen-bond acceptors (Lipinski definition) is 1. The van der Waals surface area contributed by atoms with Crippen molar-refractivity contribution in [2.75, 3.05) is 13.1 Å². The van der Waals surface area contributed by atoms with E-state index in [0.717, 1.165) is 23.8 Å². The van der Waals surface area contributed by atoms with Crippen molar-refractivity contribution in [3.63, 3.8) is 0 Å². The predicted molar refractivity (Wildman–Crippen MR) is 50.0 cm³/mol. The molecule has 68 valence electrons. The number of nitrogens with zero attached hydrogens (tertiary/aromatic N) is 1. The highest BCUT2D eigenvalue weighted by Crippen LogP contribution is 2.47. The van der Waals surface area contributed by atoms with Crippen LogP contribution in [0.1, 0.15) is 32.6 Å². The summed E-state index contributed by atoms with van der Waals surface area (Å²) in [6, 6.07) is 0.998. The van der Waals surface area contributed by atoms with Crippen molar-refractivity contribution in [2.24, 2.45) is 17.8 Å². The maximum absolute atomic E-state index is 2.78. The van der Waals surface area contributed by atoms with Crippen LogP contribution in [0.15, 0.2) is 0 Å². The summed E-state index contributed by atoms with van der Waals surface area (Å²) in [5, 5.41) is 0. The van der Waals surface area contributed by atoms with E-state index in [9.17, 15) is 0 Å². The van der Waals surface area contributed by atoms with Crippen LogP contribution in [0, 0.1) is 17.8 Å². The topological polar surface area (TPSA) is 3.24 Å². The van der Waals surface area contributed by atoms with Crippen LogP contribution in [0.4, 0.5) is 0 Å². The smallest absolute Gasteiger partial charge is 0.0152 e. The minimum atomic E-state index is 0.994. The molecule has 12 heavy (non-hydrogen) atoms. The first kappa shape index (κ1) is 7.37. The summed E-state index contributed by atoms with van der Waals surface area (Å²) >= 11 is 0. The molecule has 0 spiro atoms. The van der Waals surface area contributed by atoms with E-state index in [0.29, 0.717) is 0 Å². The normalized spacial score (nSPS) is 57.2. The maximum atomic E-state index is 2.78. The Morgan fingerprint density at radius 3 is 2.92 bits per heavy atom. The second-order valence-electron chi connectivity index (χ2n) is 5.11. The lowest BCUT2D eigenvalue weighted by Crippen LogP contribution is -2.43. The van der Waals surface area contributed by atoms with Crippen molar-refractivity contribution in [2.45, 2.75) is 38.6 Å². The van der Waals surface area contributed by atoms with E-state index in [1.807, 2.05) is 0 Å². The molecule has 0 N–H and O–H groups in total. The van der Waals surface area contributed by atoms with E-state index in [-0.39, 0.29) is 0 Å². The first-order valence-electron chi connectivity index (χ1n) is 5.60. The average Bonchev–Trinajstić information content (AvgIpc) is 2.64. The summed E-state index contributed by atoms with van der Waals surface area (Å²) in [5.41, 5.74) is 0. The predicted octanol–water partition coefficient (Wildman–Crippen LogP) is 2.13. The Balaban J connectivity index is 1.86. The zero-order chi connectivity index (χ0) is 8.13. The Hall–Kier alpha value is -0.0400. The summed E-state index contributed by atoms with van der Waals surface area (Å²) in [5.74, 6) is 3.19. The van der Waals surface area contributed by atoms with Gasteiger partial charge < -0.3 is 0 Å². The molecule has 5 atom stereocenters. The van der Waals surface area contributed by atoms with Crippen molar-refractivity contribution >= 4 is 0 Å². The molecule has 0 aromatic rings. The van der Waals surface area contributed by atoms with E-state index in [4.69, 9.17) is 0 Å². The van der Waals surface area contributed by atoms with E-state index in [1.54, 1.807) is 0 Å². The minimum Gasteiger partial charge on any atom is -0.300 e. The molecule has 2 saturated heterocycles. The zero-order valence-electron chi connectivity index (χ0n) is 8.00. The molecule has 3 rings (SSSR count). The Labute approximate surface area is 75.1 Å². The molecule has 1 heteroatoms. The van der Waals surface area contributed by atoms with Crippen LogP contribution >= 0.6 is 0 Å². The van der Waals surface area contributed by atoms with Gasteiger partial charge in [-0.25, -0.2) is 0 Å². The van der Waals surface area contributed by atoms with E-state index in [2.05, 4.69) is 11.8 Å². The molecule has 1 aliphatic carbocycles. The fourth-order valence-electron chi connectivity index (χ4n) is 4.02. The lowest BCUT2D eigenvalue weighted by atomic mass is 9.72. The van der Waals surface area contributed by atoms with Crippen LogP contribution < -0.4 is 0 Å². The summed E-state index contributed by atoms with van der Waals surface area (Å²) in [7, 11) is 0. The molecule has 2 aliphatic heterocycles. The highest BCUT2D eigenvalue weighted by atomic mass is 15.2. The molecule has 1 nitrogen and oxygen atoms in total.